The molecule has 94 valence electrons. The third-order valence-corrected chi connectivity index (χ3v) is 3.59. The molecule has 1 rings (SSSR count). The van der Waals surface area contributed by atoms with Crippen LogP contribution in [0.2, 0.25) is 0 Å². The van der Waals surface area contributed by atoms with Crippen LogP contribution in [0.4, 0.5) is 0 Å². The van der Waals surface area contributed by atoms with Crippen LogP contribution < -0.4 is 0 Å². The van der Waals surface area contributed by atoms with E-state index >= 15 is 0 Å². The van der Waals surface area contributed by atoms with Crippen molar-refractivity contribution >= 4 is 5.97 Å². The fourth-order valence-electron chi connectivity index (χ4n) is 2.46. The largest absolute Gasteiger partial charge is 0.465 e. The molecule has 0 aromatic rings. The van der Waals surface area contributed by atoms with E-state index in [1.807, 2.05) is 6.92 Å². The summed E-state index contributed by atoms with van der Waals surface area (Å²) in [5, 5.41) is 0. The van der Waals surface area contributed by atoms with Crippen LogP contribution in [0.15, 0.2) is 0 Å². The van der Waals surface area contributed by atoms with Gasteiger partial charge in [0.25, 0.3) is 0 Å². The second-order valence-electron chi connectivity index (χ2n) is 4.96. The first-order valence-electron chi connectivity index (χ1n) is 6.50. The van der Waals surface area contributed by atoms with E-state index in [0.717, 1.165) is 25.4 Å². The Kier molecular flexibility index (Phi) is 5.26. The number of rotatable bonds is 5. The minimum Gasteiger partial charge on any atom is -0.465 e. The van der Waals surface area contributed by atoms with Crippen molar-refractivity contribution in [2.75, 3.05) is 19.7 Å². The SMILES string of the molecule is CCOC(=O)C(CC)N1CCC(C(C)C)C1. The molecule has 0 aromatic heterocycles. The second-order valence-corrected chi connectivity index (χ2v) is 4.96. The van der Waals surface area contributed by atoms with Gasteiger partial charge < -0.3 is 4.74 Å². The van der Waals surface area contributed by atoms with Crippen LogP contribution in [0.1, 0.15) is 40.5 Å². The van der Waals surface area contributed by atoms with Gasteiger partial charge in [-0.1, -0.05) is 20.8 Å². The topological polar surface area (TPSA) is 29.5 Å². The monoisotopic (exact) mass is 227 g/mol. The van der Waals surface area contributed by atoms with Crippen molar-refractivity contribution in [3.63, 3.8) is 0 Å². The summed E-state index contributed by atoms with van der Waals surface area (Å²) >= 11 is 0. The van der Waals surface area contributed by atoms with E-state index < -0.39 is 0 Å². The lowest BCUT2D eigenvalue weighted by Gasteiger charge is -2.25. The molecule has 0 saturated carbocycles. The quantitative estimate of drug-likeness (QED) is 0.675. The molecule has 0 aromatic carbocycles. The first-order chi connectivity index (χ1) is 7.60. The van der Waals surface area contributed by atoms with Gasteiger partial charge in [0, 0.05) is 6.54 Å². The zero-order chi connectivity index (χ0) is 12.1. The van der Waals surface area contributed by atoms with Gasteiger partial charge in [0.2, 0.25) is 0 Å². The van der Waals surface area contributed by atoms with E-state index in [1.165, 1.54) is 6.42 Å². The van der Waals surface area contributed by atoms with Crippen LogP contribution in [0.3, 0.4) is 0 Å². The number of esters is 1. The Morgan fingerprint density at radius 1 is 1.44 bits per heavy atom. The van der Waals surface area contributed by atoms with E-state index in [9.17, 15) is 4.79 Å². The van der Waals surface area contributed by atoms with Gasteiger partial charge in [-0.05, 0) is 38.1 Å². The van der Waals surface area contributed by atoms with Crippen LogP contribution in [-0.4, -0.2) is 36.6 Å². The predicted octanol–water partition coefficient (Wildman–Crippen LogP) is 2.31. The summed E-state index contributed by atoms with van der Waals surface area (Å²) in [6.07, 6.45) is 2.07. The fraction of sp³-hybridized carbons (Fsp3) is 0.923. The van der Waals surface area contributed by atoms with Crippen molar-refractivity contribution in [3.8, 4) is 0 Å². The Hall–Kier alpha value is -0.570. The van der Waals surface area contributed by atoms with E-state index in [0.29, 0.717) is 12.5 Å². The van der Waals surface area contributed by atoms with Crippen LogP contribution >= 0.6 is 0 Å². The van der Waals surface area contributed by atoms with Crippen LogP contribution in [0.25, 0.3) is 0 Å². The maximum absolute atomic E-state index is 11.8. The normalized spacial score (nSPS) is 23.7. The van der Waals surface area contributed by atoms with Crippen molar-refractivity contribution in [1.82, 2.24) is 4.90 Å². The van der Waals surface area contributed by atoms with Crippen molar-refractivity contribution in [1.29, 1.82) is 0 Å². The standard InChI is InChI=1S/C13H25NO2/c1-5-12(13(15)16-6-2)14-8-7-11(9-14)10(3)4/h10-12H,5-9H2,1-4H3. The summed E-state index contributed by atoms with van der Waals surface area (Å²) in [7, 11) is 0. The number of nitrogens with zero attached hydrogens (tertiary/aromatic N) is 1. The maximum Gasteiger partial charge on any atom is 0.323 e. The van der Waals surface area contributed by atoms with Crippen molar-refractivity contribution in [2.45, 2.75) is 46.6 Å². The van der Waals surface area contributed by atoms with E-state index in [4.69, 9.17) is 4.74 Å². The van der Waals surface area contributed by atoms with Crippen molar-refractivity contribution in [3.05, 3.63) is 0 Å². The Morgan fingerprint density at radius 2 is 2.12 bits per heavy atom. The van der Waals surface area contributed by atoms with Gasteiger partial charge in [0.15, 0.2) is 0 Å². The summed E-state index contributed by atoms with van der Waals surface area (Å²) in [6, 6.07) is -0.0244. The molecule has 3 heteroatoms. The molecule has 0 N–H and O–H groups in total. The van der Waals surface area contributed by atoms with Crippen LogP contribution in [0.5, 0.6) is 0 Å². The summed E-state index contributed by atoms with van der Waals surface area (Å²) in [6.45, 7) is 11.0. The number of hydrogen-bond acceptors (Lipinski definition) is 3. The van der Waals surface area contributed by atoms with E-state index in [2.05, 4.69) is 25.7 Å². The molecule has 0 spiro atoms. The molecule has 0 bridgehead atoms. The zero-order valence-electron chi connectivity index (χ0n) is 11.0. The minimum absolute atomic E-state index is 0.0244. The lowest BCUT2D eigenvalue weighted by Crippen LogP contribution is -2.40. The zero-order valence-corrected chi connectivity index (χ0v) is 11.0. The van der Waals surface area contributed by atoms with Gasteiger partial charge in [-0.3, -0.25) is 9.69 Å². The molecule has 16 heavy (non-hydrogen) atoms. The molecule has 2 unspecified atom stereocenters. The van der Waals surface area contributed by atoms with E-state index in [1.54, 1.807) is 0 Å². The summed E-state index contributed by atoms with van der Waals surface area (Å²) in [5.74, 6) is 1.41. The summed E-state index contributed by atoms with van der Waals surface area (Å²) < 4.78 is 5.12. The second kappa shape index (κ2) is 6.24. The lowest BCUT2D eigenvalue weighted by molar-refractivity contribution is -0.149. The van der Waals surface area contributed by atoms with Gasteiger partial charge in [-0.15, -0.1) is 0 Å². The average Bonchev–Trinajstić information content (AvgIpc) is 2.68. The Morgan fingerprint density at radius 3 is 2.56 bits per heavy atom. The molecule has 1 heterocycles. The van der Waals surface area contributed by atoms with Crippen molar-refractivity contribution in [2.24, 2.45) is 11.8 Å². The molecule has 1 saturated heterocycles. The highest BCUT2D eigenvalue weighted by Crippen LogP contribution is 2.26. The molecular formula is C13H25NO2. The predicted molar refractivity (Wildman–Crippen MR) is 65.2 cm³/mol. The summed E-state index contributed by atoms with van der Waals surface area (Å²) in [5.41, 5.74) is 0. The van der Waals surface area contributed by atoms with Crippen molar-refractivity contribution < 1.29 is 9.53 Å². The third-order valence-electron chi connectivity index (χ3n) is 3.59. The molecule has 3 nitrogen and oxygen atoms in total. The molecule has 1 aliphatic heterocycles. The Balaban J connectivity index is 2.52. The average molecular weight is 227 g/mol. The van der Waals surface area contributed by atoms with E-state index in [-0.39, 0.29) is 12.0 Å². The third kappa shape index (κ3) is 3.21. The molecule has 1 aliphatic rings. The Bertz CT molecular complexity index is 228. The number of likely N-dealkylation sites (tertiary alicyclic amines) is 1. The van der Waals surface area contributed by atoms with Gasteiger partial charge in [0.1, 0.15) is 6.04 Å². The minimum atomic E-state index is -0.0468. The first-order valence-corrected chi connectivity index (χ1v) is 6.50. The highest BCUT2D eigenvalue weighted by molar-refractivity contribution is 5.75. The van der Waals surface area contributed by atoms with Gasteiger partial charge in [-0.2, -0.15) is 0 Å². The van der Waals surface area contributed by atoms with Gasteiger partial charge in [0.05, 0.1) is 6.61 Å². The van der Waals surface area contributed by atoms with Crippen LogP contribution in [0, 0.1) is 11.8 Å². The lowest BCUT2D eigenvalue weighted by atomic mass is 9.95. The number of ether oxygens (including phenoxy) is 1. The highest BCUT2D eigenvalue weighted by atomic mass is 16.5. The number of hydrogen-bond donors (Lipinski definition) is 0. The molecule has 0 aliphatic carbocycles. The van der Waals surface area contributed by atoms with Gasteiger partial charge in [-0.25, -0.2) is 0 Å². The smallest absolute Gasteiger partial charge is 0.323 e. The Labute approximate surface area is 99.1 Å². The highest BCUT2D eigenvalue weighted by Gasteiger charge is 2.33. The molecular weight excluding hydrogens is 202 g/mol. The molecule has 0 amide bonds. The molecule has 2 atom stereocenters. The first kappa shape index (κ1) is 13.5. The number of carbonyl (C=O) groups excluding carboxylic acids is 1. The fourth-order valence-corrected chi connectivity index (χ4v) is 2.46. The summed E-state index contributed by atoms with van der Waals surface area (Å²) in [4.78, 5) is 14.1. The molecule has 1 fully saturated rings. The maximum atomic E-state index is 11.8. The van der Waals surface area contributed by atoms with Gasteiger partial charge >= 0.3 is 5.97 Å². The molecule has 0 radical (unpaired) electrons. The van der Waals surface area contributed by atoms with Crippen LogP contribution in [-0.2, 0) is 9.53 Å². The number of carbonyl (C=O) groups is 1.